The number of nitrogens with one attached hydrogen (secondary N) is 1. The molecule has 2 heterocycles. The summed E-state index contributed by atoms with van der Waals surface area (Å²) in [5, 5.41) is 3.36. The molecule has 0 spiro atoms. The Labute approximate surface area is 117 Å². The Morgan fingerprint density at radius 1 is 1.35 bits per heavy atom. The van der Waals surface area contributed by atoms with Gasteiger partial charge >= 0.3 is 6.09 Å². The van der Waals surface area contributed by atoms with Crippen LogP contribution >= 0.6 is 0 Å². The standard InChI is InChI=1S/C15H17N3O2/c1-17-6-5-12(11-17)10-16-13-3-2-4-14(9-13)18-7-8-20-15(18)19/h2-6,9,11,16H,7-8,10H2,1H3. The smallest absolute Gasteiger partial charge is 0.414 e. The highest BCUT2D eigenvalue weighted by Gasteiger charge is 2.23. The summed E-state index contributed by atoms with van der Waals surface area (Å²) in [6.07, 6.45) is 3.83. The number of hydrogen-bond acceptors (Lipinski definition) is 3. The molecule has 104 valence electrons. The summed E-state index contributed by atoms with van der Waals surface area (Å²) in [6, 6.07) is 9.90. The van der Waals surface area contributed by atoms with Gasteiger partial charge in [-0.3, -0.25) is 4.90 Å². The van der Waals surface area contributed by atoms with Crippen molar-refractivity contribution in [2.75, 3.05) is 23.4 Å². The highest BCUT2D eigenvalue weighted by atomic mass is 16.6. The lowest BCUT2D eigenvalue weighted by molar-refractivity contribution is 0.181. The predicted molar refractivity (Wildman–Crippen MR) is 77.9 cm³/mol. The second-order valence-electron chi connectivity index (χ2n) is 4.86. The zero-order chi connectivity index (χ0) is 13.9. The lowest BCUT2D eigenvalue weighted by Crippen LogP contribution is -2.23. The van der Waals surface area contributed by atoms with Gasteiger partial charge in [0.05, 0.1) is 6.54 Å². The number of anilines is 2. The van der Waals surface area contributed by atoms with E-state index in [1.54, 1.807) is 4.90 Å². The van der Waals surface area contributed by atoms with Crippen molar-refractivity contribution < 1.29 is 9.53 Å². The number of benzene rings is 1. The molecule has 1 N–H and O–H groups in total. The van der Waals surface area contributed by atoms with Crippen LogP contribution in [0.1, 0.15) is 5.56 Å². The zero-order valence-corrected chi connectivity index (χ0v) is 11.4. The van der Waals surface area contributed by atoms with E-state index in [4.69, 9.17) is 4.74 Å². The third-order valence-corrected chi connectivity index (χ3v) is 3.31. The Morgan fingerprint density at radius 3 is 2.95 bits per heavy atom. The van der Waals surface area contributed by atoms with E-state index in [0.717, 1.165) is 17.9 Å². The van der Waals surface area contributed by atoms with Crippen LogP contribution in [0, 0.1) is 0 Å². The van der Waals surface area contributed by atoms with E-state index in [0.29, 0.717) is 13.2 Å². The van der Waals surface area contributed by atoms with Crippen molar-refractivity contribution in [1.82, 2.24) is 4.57 Å². The molecule has 0 unspecified atom stereocenters. The van der Waals surface area contributed by atoms with Crippen molar-refractivity contribution in [1.29, 1.82) is 0 Å². The molecular weight excluding hydrogens is 254 g/mol. The topological polar surface area (TPSA) is 46.5 Å². The van der Waals surface area contributed by atoms with E-state index in [1.807, 2.05) is 42.1 Å². The van der Waals surface area contributed by atoms with Crippen LogP contribution in [0.2, 0.25) is 0 Å². The van der Waals surface area contributed by atoms with Gasteiger partial charge < -0.3 is 14.6 Å². The van der Waals surface area contributed by atoms with Crippen LogP contribution in [-0.2, 0) is 18.3 Å². The van der Waals surface area contributed by atoms with E-state index < -0.39 is 0 Å². The summed E-state index contributed by atoms with van der Waals surface area (Å²) >= 11 is 0. The van der Waals surface area contributed by atoms with Crippen LogP contribution in [0.4, 0.5) is 16.2 Å². The molecule has 5 heteroatoms. The van der Waals surface area contributed by atoms with Gasteiger partial charge in [0.15, 0.2) is 0 Å². The first-order chi connectivity index (χ1) is 9.72. The molecule has 20 heavy (non-hydrogen) atoms. The minimum atomic E-state index is -0.273. The average Bonchev–Trinajstić information content (AvgIpc) is 3.05. The molecule has 1 aliphatic rings. The van der Waals surface area contributed by atoms with Crippen LogP contribution in [0.25, 0.3) is 0 Å². The number of ether oxygens (including phenoxy) is 1. The van der Waals surface area contributed by atoms with Gasteiger partial charge in [-0.1, -0.05) is 6.07 Å². The molecule has 2 aromatic rings. The second kappa shape index (κ2) is 5.28. The Hall–Kier alpha value is -2.43. The number of carbonyl (C=O) groups excluding carboxylic acids is 1. The van der Waals surface area contributed by atoms with Gasteiger partial charge in [-0.25, -0.2) is 4.79 Å². The summed E-state index contributed by atoms with van der Waals surface area (Å²) < 4.78 is 6.98. The molecule has 1 aliphatic heterocycles. The molecule has 1 saturated heterocycles. The number of cyclic esters (lactones) is 1. The number of nitrogens with zero attached hydrogens (tertiary/aromatic N) is 2. The van der Waals surface area contributed by atoms with Crippen LogP contribution in [0.5, 0.6) is 0 Å². The van der Waals surface area contributed by atoms with E-state index in [2.05, 4.69) is 17.6 Å². The first-order valence-corrected chi connectivity index (χ1v) is 6.61. The Kier molecular flexibility index (Phi) is 3.33. The highest BCUT2D eigenvalue weighted by Crippen LogP contribution is 2.22. The van der Waals surface area contributed by atoms with Crippen LogP contribution < -0.4 is 10.2 Å². The van der Waals surface area contributed by atoms with Crippen molar-refractivity contribution in [2.45, 2.75) is 6.54 Å². The molecule has 0 aliphatic carbocycles. The minimum Gasteiger partial charge on any atom is -0.447 e. The van der Waals surface area contributed by atoms with Gasteiger partial charge in [0.25, 0.3) is 0 Å². The molecule has 1 aromatic heterocycles. The van der Waals surface area contributed by atoms with E-state index in [9.17, 15) is 4.79 Å². The maximum absolute atomic E-state index is 11.5. The third kappa shape index (κ3) is 2.61. The molecular formula is C15H17N3O2. The van der Waals surface area contributed by atoms with Gasteiger partial charge in [-0.05, 0) is 29.8 Å². The quantitative estimate of drug-likeness (QED) is 0.929. The molecule has 5 nitrogen and oxygen atoms in total. The largest absolute Gasteiger partial charge is 0.447 e. The van der Waals surface area contributed by atoms with Gasteiger partial charge in [0, 0.05) is 37.4 Å². The zero-order valence-electron chi connectivity index (χ0n) is 11.4. The van der Waals surface area contributed by atoms with Gasteiger partial charge in [0.2, 0.25) is 0 Å². The number of aromatic nitrogens is 1. The minimum absolute atomic E-state index is 0.273. The average molecular weight is 271 g/mol. The van der Waals surface area contributed by atoms with Gasteiger partial charge in [-0.15, -0.1) is 0 Å². The molecule has 1 fully saturated rings. The van der Waals surface area contributed by atoms with Crippen LogP contribution in [-0.4, -0.2) is 23.8 Å². The summed E-state index contributed by atoms with van der Waals surface area (Å²) in [6.45, 7) is 1.83. The number of carbonyl (C=O) groups is 1. The van der Waals surface area contributed by atoms with Gasteiger partial charge in [0.1, 0.15) is 6.61 Å². The molecule has 0 atom stereocenters. The number of aryl methyl sites for hydroxylation is 1. The van der Waals surface area contributed by atoms with Crippen molar-refractivity contribution in [3.63, 3.8) is 0 Å². The molecule has 3 rings (SSSR count). The molecule has 0 bridgehead atoms. The summed E-state index contributed by atoms with van der Waals surface area (Å²) in [5.74, 6) is 0. The van der Waals surface area contributed by atoms with Crippen molar-refractivity contribution in [3.05, 3.63) is 48.3 Å². The number of amides is 1. The van der Waals surface area contributed by atoms with Crippen molar-refractivity contribution in [2.24, 2.45) is 7.05 Å². The molecule has 0 saturated carbocycles. The summed E-state index contributed by atoms with van der Waals surface area (Å²) in [5.41, 5.74) is 3.08. The summed E-state index contributed by atoms with van der Waals surface area (Å²) in [4.78, 5) is 13.2. The summed E-state index contributed by atoms with van der Waals surface area (Å²) in [7, 11) is 2.00. The maximum Gasteiger partial charge on any atom is 0.414 e. The number of hydrogen-bond donors (Lipinski definition) is 1. The fourth-order valence-electron chi connectivity index (χ4n) is 2.28. The maximum atomic E-state index is 11.5. The second-order valence-corrected chi connectivity index (χ2v) is 4.86. The third-order valence-electron chi connectivity index (χ3n) is 3.31. The Balaban J connectivity index is 1.69. The fraction of sp³-hybridized carbons (Fsp3) is 0.267. The van der Waals surface area contributed by atoms with Crippen molar-refractivity contribution >= 4 is 17.5 Å². The molecule has 1 aromatic carbocycles. The van der Waals surface area contributed by atoms with E-state index in [-0.39, 0.29) is 6.09 Å². The highest BCUT2D eigenvalue weighted by molar-refractivity contribution is 5.89. The first-order valence-electron chi connectivity index (χ1n) is 6.61. The van der Waals surface area contributed by atoms with E-state index in [1.165, 1.54) is 5.56 Å². The lowest BCUT2D eigenvalue weighted by Gasteiger charge is -2.14. The lowest BCUT2D eigenvalue weighted by atomic mass is 10.2. The first kappa shape index (κ1) is 12.6. The van der Waals surface area contributed by atoms with Crippen LogP contribution in [0.15, 0.2) is 42.7 Å². The van der Waals surface area contributed by atoms with E-state index >= 15 is 0 Å². The SMILES string of the molecule is Cn1ccc(CNc2cccc(N3CCOC3=O)c2)c1. The van der Waals surface area contributed by atoms with Gasteiger partial charge in [-0.2, -0.15) is 0 Å². The van der Waals surface area contributed by atoms with Crippen molar-refractivity contribution in [3.8, 4) is 0 Å². The Bertz CT molecular complexity index is 621. The molecule has 0 radical (unpaired) electrons. The Morgan fingerprint density at radius 2 is 2.25 bits per heavy atom. The molecule has 1 amide bonds. The predicted octanol–water partition coefficient (Wildman–Crippen LogP) is 2.59. The normalized spacial score (nSPS) is 14.4. The number of rotatable bonds is 4. The fourth-order valence-corrected chi connectivity index (χ4v) is 2.28. The monoisotopic (exact) mass is 271 g/mol. The van der Waals surface area contributed by atoms with Crippen LogP contribution in [0.3, 0.4) is 0 Å².